The first-order valence-corrected chi connectivity index (χ1v) is 12.3. The molecule has 0 saturated heterocycles. The lowest BCUT2D eigenvalue weighted by atomic mass is 9.92. The molecule has 0 aliphatic heterocycles. The Labute approximate surface area is 202 Å². The van der Waals surface area contributed by atoms with Crippen LogP contribution < -0.4 is 5.32 Å². The van der Waals surface area contributed by atoms with E-state index >= 15 is 0 Å². The molecule has 0 radical (unpaired) electrons. The van der Waals surface area contributed by atoms with Crippen LogP contribution in [0.2, 0.25) is 0 Å². The monoisotopic (exact) mass is 545 g/mol. The molecule has 0 bridgehead atoms. The average Bonchev–Trinajstić information content (AvgIpc) is 2.76. The summed E-state index contributed by atoms with van der Waals surface area (Å²) < 4.78 is 129. The van der Waals surface area contributed by atoms with Gasteiger partial charge in [-0.1, -0.05) is 24.3 Å². The Kier molecular flexibility index (Phi) is 9.14. The van der Waals surface area contributed by atoms with Crippen LogP contribution >= 0.6 is 0 Å². The second-order valence-corrected chi connectivity index (χ2v) is 10.3. The summed E-state index contributed by atoms with van der Waals surface area (Å²) in [5.41, 5.74) is -6.77. The largest absolute Gasteiger partial charge is 0.435 e. The summed E-state index contributed by atoms with van der Waals surface area (Å²) in [5, 5.41) is 2.60. The molecular formula is C23H23F8NO3S. The number of halogens is 8. The standard InChI is InChI=1S/C23H23F8NO3S/c1-15(33)32-19(13-14-36(34,35)20-11-9-18(24)10-12-20)4-2-3-16-5-7-17(8-6-16)21(25,22(26,27)28)23(29,30)31/h5-12,19H,2-4,13-14H2,1H3,(H,32,33). The lowest BCUT2D eigenvalue weighted by molar-refractivity contribution is -0.348. The van der Waals surface area contributed by atoms with Crippen LogP contribution in [-0.4, -0.2) is 38.5 Å². The Morgan fingerprint density at radius 2 is 1.39 bits per heavy atom. The number of benzene rings is 2. The minimum absolute atomic E-state index is 0.0137. The van der Waals surface area contributed by atoms with Gasteiger partial charge in [-0.15, -0.1) is 0 Å². The molecule has 1 unspecified atom stereocenters. The highest BCUT2D eigenvalue weighted by molar-refractivity contribution is 7.91. The molecule has 13 heteroatoms. The third-order valence-corrected chi connectivity index (χ3v) is 7.23. The van der Waals surface area contributed by atoms with E-state index in [0.29, 0.717) is 24.1 Å². The lowest BCUT2D eigenvalue weighted by Gasteiger charge is -2.30. The zero-order valence-corrected chi connectivity index (χ0v) is 19.7. The third-order valence-electron chi connectivity index (χ3n) is 5.47. The molecule has 36 heavy (non-hydrogen) atoms. The van der Waals surface area contributed by atoms with Crippen LogP contribution in [0.25, 0.3) is 0 Å². The van der Waals surface area contributed by atoms with Crippen molar-refractivity contribution >= 4 is 15.7 Å². The first kappa shape index (κ1) is 29.5. The Balaban J connectivity index is 2.03. The van der Waals surface area contributed by atoms with Crippen LogP contribution in [-0.2, 0) is 26.7 Å². The van der Waals surface area contributed by atoms with Gasteiger partial charge in [0.05, 0.1) is 10.6 Å². The van der Waals surface area contributed by atoms with Gasteiger partial charge in [0, 0.05) is 18.5 Å². The fraction of sp³-hybridized carbons (Fsp3) is 0.435. The zero-order valence-electron chi connectivity index (χ0n) is 18.9. The van der Waals surface area contributed by atoms with Crippen LogP contribution in [0, 0.1) is 5.82 Å². The van der Waals surface area contributed by atoms with Gasteiger partial charge in [0.1, 0.15) is 5.82 Å². The van der Waals surface area contributed by atoms with E-state index in [1.807, 2.05) is 0 Å². The van der Waals surface area contributed by atoms with E-state index in [1.165, 1.54) is 6.92 Å². The number of hydrogen-bond acceptors (Lipinski definition) is 3. The Morgan fingerprint density at radius 3 is 1.86 bits per heavy atom. The maximum absolute atomic E-state index is 14.1. The topological polar surface area (TPSA) is 63.2 Å². The van der Waals surface area contributed by atoms with E-state index in [9.17, 15) is 48.3 Å². The first-order valence-electron chi connectivity index (χ1n) is 10.6. The van der Waals surface area contributed by atoms with Crippen molar-refractivity contribution in [2.45, 2.75) is 61.6 Å². The highest BCUT2D eigenvalue weighted by atomic mass is 32.2. The molecule has 0 fully saturated rings. The number of rotatable bonds is 10. The lowest BCUT2D eigenvalue weighted by Crippen LogP contribution is -2.50. The van der Waals surface area contributed by atoms with E-state index < -0.39 is 51.2 Å². The van der Waals surface area contributed by atoms with Crippen molar-refractivity contribution in [2.24, 2.45) is 0 Å². The first-order chi connectivity index (χ1) is 16.5. The van der Waals surface area contributed by atoms with E-state index in [2.05, 4.69) is 5.32 Å². The second kappa shape index (κ2) is 11.1. The summed E-state index contributed by atoms with van der Waals surface area (Å²) >= 11 is 0. The van der Waals surface area contributed by atoms with Crippen molar-refractivity contribution in [1.29, 1.82) is 0 Å². The molecule has 1 N–H and O–H groups in total. The maximum atomic E-state index is 14.1. The number of sulfone groups is 1. The van der Waals surface area contributed by atoms with E-state index in [4.69, 9.17) is 0 Å². The van der Waals surface area contributed by atoms with E-state index in [1.54, 1.807) is 0 Å². The summed E-state index contributed by atoms with van der Waals surface area (Å²) in [6, 6.07) is 6.40. The normalized spacial score (nSPS) is 13.9. The number of carbonyl (C=O) groups excluding carboxylic acids is 1. The summed E-state index contributed by atoms with van der Waals surface area (Å²) in [6.45, 7) is 1.23. The third kappa shape index (κ3) is 7.17. The van der Waals surface area contributed by atoms with Crippen LogP contribution in [0.15, 0.2) is 53.4 Å². The minimum atomic E-state index is -6.20. The van der Waals surface area contributed by atoms with Gasteiger partial charge < -0.3 is 5.32 Å². The quantitative estimate of drug-likeness (QED) is 0.303. The summed E-state index contributed by atoms with van der Waals surface area (Å²) in [4.78, 5) is 11.4. The second-order valence-electron chi connectivity index (χ2n) is 8.20. The van der Waals surface area contributed by atoms with Gasteiger partial charge in [-0.25, -0.2) is 17.2 Å². The van der Waals surface area contributed by atoms with Crippen LogP contribution in [0.5, 0.6) is 0 Å². The molecule has 1 atom stereocenters. The van der Waals surface area contributed by atoms with Crippen molar-refractivity contribution in [3.63, 3.8) is 0 Å². The van der Waals surface area contributed by atoms with Gasteiger partial charge in [-0.2, -0.15) is 26.3 Å². The molecule has 4 nitrogen and oxygen atoms in total. The number of alkyl halides is 7. The molecule has 0 aliphatic carbocycles. The number of carbonyl (C=O) groups is 1. The average molecular weight is 545 g/mol. The van der Waals surface area contributed by atoms with Crippen molar-refractivity contribution in [1.82, 2.24) is 5.32 Å². The summed E-state index contributed by atoms with van der Waals surface area (Å²) in [5.74, 6) is -1.39. The van der Waals surface area contributed by atoms with Gasteiger partial charge in [-0.05, 0) is 55.5 Å². The smallest absolute Gasteiger partial charge is 0.354 e. The molecule has 0 spiro atoms. The van der Waals surface area contributed by atoms with Gasteiger partial charge in [-0.3, -0.25) is 4.79 Å². The Hall–Kier alpha value is -2.70. The number of nitrogens with one attached hydrogen (secondary N) is 1. The van der Waals surface area contributed by atoms with Crippen molar-refractivity contribution in [2.75, 3.05) is 5.75 Å². The molecule has 0 saturated carbocycles. The molecule has 0 aromatic heterocycles. The van der Waals surface area contributed by atoms with Crippen molar-refractivity contribution in [3.05, 3.63) is 65.5 Å². The van der Waals surface area contributed by atoms with Gasteiger partial charge in [0.2, 0.25) is 5.91 Å². The molecule has 1 amide bonds. The predicted molar refractivity (Wildman–Crippen MR) is 115 cm³/mol. The van der Waals surface area contributed by atoms with Gasteiger partial charge in [0.25, 0.3) is 0 Å². The number of amides is 1. The SMILES string of the molecule is CC(=O)NC(CCCc1ccc(C(F)(C(F)(F)F)C(F)(F)F)cc1)CCS(=O)(=O)c1ccc(F)cc1. The molecule has 0 aliphatic rings. The fourth-order valence-corrected chi connectivity index (χ4v) is 4.96. The highest BCUT2D eigenvalue weighted by Gasteiger charge is 2.73. The van der Waals surface area contributed by atoms with Crippen LogP contribution in [0.4, 0.5) is 35.1 Å². The molecular weight excluding hydrogens is 522 g/mol. The molecule has 2 aromatic rings. The molecule has 2 rings (SSSR count). The van der Waals surface area contributed by atoms with Gasteiger partial charge >= 0.3 is 18.0 Å². The molecule has 2 aromatic carbocycles. The maximum Gasteiger partial charge on any atom is 0.435 e. The Morgan fingerprint density at radius 1 is 0.861 bits per heavy atom. The minimum Gasteiger partial charge on any atom is -0.354 e. The molecule has 0 heterocycles. The summed E-state index contributed by atoms with van der Waals surface area (Å²) in [7, 11) is -3.77. The highest BCUT2D eigenvalue weighted by Crippen LogP contribution is 2.53. The van der Waals surface area contributed by atoms with Crippen LogP contribution in [0.3, 0.4) is 0 Å². The molecule has 200 valence electrons. The van der Waals surface area contributed by atoms with Crippen molar-refractivity contribution < 1.29 is 48.3 Å². The van der Waals surface area contributed by atoms with E-state index in [-0.39, 0.29) is 29.9 Å². The number of aryl methyl sites for hydroxylation is 1. The fourth-order valence-electron chi connectivity index (χ4n) is 3.58. The van der Waals surface area contributed by atoms with E-state index in [0.717, 1.165) is 36.4 Å². The van der Waals surface area contributed by atoms with Gasteiger partial charge in [0.15, 0.2) is 9.84 Å². The Bertz CT molecular complexity index is 1110. The summed E-state index contributed by atoms with van der Waals surface area (Å²) in [6.07, 6.45) is -11.7. The van der Waals surface area contributed by atoms with Crippen LogP contribution in [0.1, 0.15) is 37.3 Å². The predicted octanol–water partition coefficient (Wildman–Crippen LogP) is 5.81. The number of hydrogen-bond donors (Lipinski definition) is 1. The van der Waals surface area contributed by atoms with Crippen molar-refractivity contribution in [3.8, 4) is 0 Å². The zero-order chi connectivity index (χ0) is 27.4.